The first-order valence-electron chi connectivity index (χ1n) is 15.9. The molecule has 48 heavy (non-hydrogen) atoms. The van der Waals surface area contributed by atoms with E-state index in [4.69, 9.17) is 24.4 Å². The van der Waals surface area contributed by atoms with E-state index in [0.717, 1.165) is 8.64 Å². The molecule has 6 rings (SSSR count). The maximum absolute atomic E-state index is 6.11. The van der Waals surface area contributed by atoms with Crippen LogP contribution in [0, 0.1) is 0 Å². The van der Waals surface area contributed by atoms with Gasteiger partial charge in [-0.05, 0) is 0 Å². The second-order valence-electron chi connectivity index (χ2n) is 11.2. The molecule has 0 aromatic heterocycles. The van der Waals surface area contributed by atoms with Gasteiger partial charge in [0, 0.05) is 0 Å². The molecule has 0 radical (unpaired) electrons. The summed E-state index contributed by atoms with van der Waals surface area (Å²) in [5.41, 5.74) is 0. The van der Waals surface area contributed by atoms with Crippen molar-refractivity contribution in [3.63, 3.8) is 0 Å². The fraction of sp³-hybridized carbons (Fsp3) is 0.0500. The molecule has 2 N–H and O–H groups in total. The zero-order chi connectivity index (χ0) is 33.1. The third-order valence-corrected chi connectivity index (χ3v) is 50.7. The molecule has 8 heteroatoms. The van der Waals surface area contributed by atoms with Crippen molar-refractivity contribution in [2.45, 2.75) is 0 Å². The molecule has 0 saturated heterocycles. The van der Waals surface area contributed by atoms with Crippen LogP contribution < -0.4 is 32.1 Å². The Balaban J connectivity index is 1.20. The standard InChI is InChI=1S/6C6H5.C4H8N2S4.2Sn/c6*1-2-4-6-5-3-1;7-3(8)5-1-2-6-4(9)10;;/h6*1-5H;1-2H2,(H2,5,7,8)(H2,6,9,10);;/q;;;;;;;2*+1/p-2. The third-order valence-electron chi connectivity index (χ3n) is 8.24. The van der Waals surface area contributed by atoms with Crippen molar-refractivity contribution < 1.29 is 0 Å². The van der Waals surface area contributed by atoms with Crippen LogP contribution in [0.25, 0.3) is 0 Å². The number of hydrogen-bond donors (Lipinski definition) is 2. The predicted octanol–water partition coefficient (Wildman–Crippen LogP) is 5.54. The number of thiocarbonyl (C=S) groups is 2. The summed E-state index contributed by atoms with van der Waals surface area (Å²) in [5.74, 6) is 0. The van der Waals surface area contributed by atoms with Gasteiger partial charge in [0.15, 0.2) is 0 Å². The summed E-state index contributed by atoms with van der Waals surface area (Å²) in [7, 11) is 3.77. The first-order valence-corrected chi connectivity index (χ1v) is 33.9. The second-order valence-corrected chi connectivity index (χ2v) is 43.1. The Labute approximate surface area is 308 Å². The van der Waals surface area contributed by atoms with E-state index in [-0.39, 0.29) is 0 Å². The van der Waals surface area contributed by atoms with Gasteiger partial charge in [-0.3, -0.25) is 0 Å². The van der Waals surface area contributed by atoms with Crippen LogP contribution in [0.15, 0.2) is 182 Å². The van der Waals surface area contributed by atoms with Gasteiger partial charge in [-0.1, -0.05) is 0 Å². The molecule has 2 nitrogen and oxygen atoms in total. The summed E-state index contributed by atoms with van der Waals surface area (Å²) in [6.07, 6.45) is 0. The SMILES string of the molecule is S=C(NCCNC(=S)[S][Sn]([c]1ccccc1)([c]1ccccc1)[c]1ccccc1)[S][Sn]([c]1ccccc1)([c]1ccccc1)[c]1ccccc1. The maximum atomic E-state index is 6.11. The molecule has 0 atom stereocenters. The van der Waals surface area contributed by atoms with Crippen LogP contribution >= 0.6 is 42.3 Å². The molecular formula is C40H36N2S4Sn2. The van der Waals surface area contributed by atoms with Gasteiger partial charge in [0.2, 0.25) is 0 Å². The number of hydrogen-bond acceptors (Lipinski definition) is 4. The summed E-state index contributed by atoms with van der Waals surface area (Å²) in [4.78, 5) is 0. The molecular weight excluding hydrogens is 874 g/mol. The van der Waals surface area contributed by atoms with Gasteiger partial charge in [0.25, 0.3) is 0 Å². The minimum atomic E-state index is -3.58. The minimum absolute atomic E-state index is 0.678. The Morgan fingerprint density at radius 1 is 0.354 bits per heavy atom. The molecule has 0 heterocycles. The van der Waals surface area contributed by atoms with Crippen molar-refractivity contribution in [3.8, 4) is 0 Å². The van der Waals surface area contributed by atoms with Crippen LogP contribution in [0.5, 0.6) is 0 Å². The zero-order valence-electron chi connectivity index (χ0n) is 26.4. The van der Waals surface area contributed by atoms with Gasteiger partial charge in [-0.15, -0.1) is 0 Å². The second kappa shape index (κ2) is 17.4. The van der Waals surface area contributed by atoms with Crippen molar-refractivity contribution in [3.05, 3.63) is 182 Å². The monoisotopic (exact) mass is 912 g/mol. The Hall–Kier alpha value is -2.60. The molecule has 0 fully saturated rings. The number of benzene rings is 6. The van der Waals surface area contributed by atoms with Gasteiger partial charge in [0.1, 0.15) is 0 Å². The van der Waals surface area contributed by atoms with Crippen LogP contribution in [0.2, 0.25) is 0 Å². The molecule has 0 aliphatic carbocycles. The zero-order valence-corrected chi connectivity index (χ0v) is 35.3. The fourth-order valence-corrected chi connectivity index (χ4v) is 47.5. The van der Waals surface area contributed by atoms with Crippen LogP contribution in [0.1, 0.15) is 0 Å². The summed E-state index contributed by atoms with van der Waals surface area (Å²) in [6.45, 7) is 1.36. The molecule has 0 amide bonds. The molecule has 0 aliphatic heterocycles. The molecule has 6 aromatic carbocycles. The quantitative estimate of drug-likeness (QED) is 0.101. The summed E-state index contributed by atoms with van der Waals surface area (Å²) < 4.78 is 9.99. The van der Waals surface area contributed by atoms with E-state index in [1.165, 1.54) is 21.5 Å². The van der Waals surface area contributed by atoms with Crippen molar-refractivity contribution in [1.82, 2.24) is 10.6 Å². The van der Waals surface area contributed by atoms with Crippen molar-refractivity contribution in [2.75, 3.05) is 13.1 Å². The molecule has 238 valence electrons. The number of rotatable bonds is 11. The van der Waals surface area contributed by atoms with E-state index < -0.39 is 34.0 Å². The molecule has 0 aliphatic rings. The van der Waals surface area contributed by atoms with Gasteiger partial charge in [-0.25, -0.2) is 0 Å². The van der Waals surface area contributed by atoms with E-state index in [2.05, 4.69) is 193 Å². The van der Waals surface area contributed by atoms with Crippen molar-refractivity contribution >= 4 is 106 Å². The van der Waals surface area contributed by atoms with E-state index in [1.807, 2.05) is 17.9 Å². The summed E-state index contributed by atoms with van der Waals surface area (Å²) >= 11 is 5.06. The van der Waals surface area contributed by atoms with Gasteiger partial charge in [-0.2, -0.15) is 0 Å². The topological polar surface area (TPSA) is 24.1 Å². The van der Waals surface area contributed by atoms with E-state index >= 15 is 0 Å². The van der Waals surface area contributed by atoms with Crippen LogP contribution in [-0.4, -0.2) is 55.7 Å². The summed E-state index contributed by atoms with van der Waals surface area (Å²) in [5, 5.41) is 7.19. The fourth-order valence-electron chi connectivity index (χ4n) is 6.07. The molecule has 0 saturated carbocycles. The average Bonchev–Trinajstić information content (AvgIpc) is 3.17. The van der Waals surface area contributed by atoms with Crippen molar-refractivity contribution in [1.29, 1.82) is 0 Å². The number of nitrogens with one attached hydrogen (secondary N) is 2. The van der Waals surface area contributed by atoms with Gasteiger partial charge in [0.05, 0.1) is 0 Å². The molecule has 0 unspecified atom stereocenters. The van der Waals surface area contributed by atoms with E-state index in [0.29, 0.717) is 13.1 Å². The molecule has 6 aromatic rings. The van der Waals surface area contributed by atoms with E-state index in [9.17, 15) is 0 Å². The average molecular weight is 910 g/mol. The van der Waals surface area contributed by atoms with Crippen LogP contribution in [-0.2, 0) is 0 Å². The molecule has 0 bridgehead atoms. The Bertz CT molecular complexity index is 1560. The van der Waals surface area contributed by atoms with Crippen LogP contribution in [0.3, 0.4) is 0 Å². The van der Waals surface area contributed by atoms with Gasteiger partial charge >= 0.3 is 312 Å². The Kier molecular flexibility index (Phi) is 12.7. The predicted molar refractivity (Wildman–Crippen MR) is 224 cm³/mol. The Morgan fingerprint density at radius 2 is 0.542 bits per heavy atom. The van der Waals surface area contributed by atoms with Gasteiger partial charge < -0.3 is 0 Å². The van der Waals surface area contributed by atoms with E-state index in [1.54, 1.807) is 0 Å². The first-order chi connectivity index (χ1) is 23.6. The summed E-state index contributed by atoms with van der Waals surface area (Å²) in [6, 6.07) is 65.8. The third kappa shape index (κ3) is 8.06. The van der Waals surface area contributed by atoms with Crippen molar-refractivity contribution in [2.24, 2.45) is 0 Å². The van der Waals surface area contributed by atoms with Crippen LogP contribution in [0.4, 0.5) is 0 Å². The first kappa shape index (κ1) is 35.2. The Morgan fingerprint density at radius 3 is 0.729 bits per heavy atom. The normalized spacial score (nSPS) is 11.4. The molecule has 0 spiro atoms.